The van der Waals surface area contributed by atoms with Gasteiger partial charge in [-0.3, -0.25) is 0 Å². The minimum atomic E-state index is -1.53. The molecule has 0 saturated carbocycles. The molecule has 0 heterocycles. The fourth-order valence-corrected chi connectivity index (χ4v) is 1.68. The largest absolute Gasteiger partial charge is 0.520 e. The maximum absolute atomic E-state index is 5.84. The van der Waals surface area contributed by atoms with Crippen molar-refractivity contribution in [2.45, 2.75) is 53.3 Å². The normalized spacial score (nSPS) is 11.0. The number of rotatable bonds is 6. The first kappa shape index (κ1) is 13.6. The summed E-state index contributed by atoms with van der Waals surface area (Å²) in [7, 11) is -1.53. The molecule has 0 bridgehead atoms. The second-order valence-corrected chi connectivity index (χ2v) is 9.13. The van der Waals surface area contributed by atoms with E-state index in [9.17, 15) is 0 Å². The molecule has 0 N–H and O–H groups in total. The lowest BCUT2D eigenvalue weighted by Crippen LogP contribution is -2.26. The zero-order chi connectivity index (χ0) is 11.2. The van der Waals surface area contributed by atoms with Crippen molar-refractivity contribution in [3.05, 3.63) is 11.5 Å². The second kappa shape index (κ2) is 6.12. The smallest absolute Gasteiger partial charge is 0.263 e. The summed E-state index contributed by atoms with van der Waals surface area (Å²) in [4.78, 5) is 0. The van der Waals surface area contributed by atoms with Crippen molar-refractivity contribution in [3.8, 4) is 0 Å². The number of allylic oxidation sites excluding steroid dienone is 1. The monoisotopic (exact) mass is 216 g/mol. The Morgan fingerprint density at radius 3 is 2.07 bits per heavy atom. The minimum absolute atomic E-state index is 0.748. The number of unbranched alkanes of at least 4 members (excludes halogenated alkanes) is 1. The summed E-state index contributed by atoms with van der Waals surface area (Å²) in [5, 5.41) is 0. The standard InChI is InChI=1S/C11H24O2Si/c1-7-8-9-12-11(10(2)3)13-14(4,5)6/h7-9H2,1-6H3. The fraction of sp³-hybridized carbons (Fsp3) is 0.818. The van der Waals surface area contributed by atoms with Crippen LogP contribution in [0.1, 0.15) is 33.6 Å². The molecule has 0 aromatic heterocycles. The van der Waals surface area contributed by atoms with Crippen molar-refractivity contribution in [1.29, 1.82) is 0 Å². The number of hydrogen-bond acceptors (Lipinski definition) is 2. The van der Waals surface area contributed by atoms with E-state index >= 15 is 0 Å². The van der Waals surface area contributed by atoms with Gasteiger partial charge < -0.3 is 9.16 Å². The maximum atomic E-state index is 5.84. The molecule has 84 valence electrons. The maximum Gasteiger partial charge on any atom is 0.263 e. The molecule has 0 aliphatic heterocycles. The zero-order valence-electron chi connectivity index (χ0n) is 10.4. The van der Waals surface area contributed by atoms with E-state index in [1.165, 1.54) is 0 Å². The van der Waals surface area contributed by atoms with Crippen LogP contribution >= 0.6 is 0 Å². The Morgan fingerprint density at radius 2 is 1.71 bits per heavy atom. The molecule has 0 unspecified atom stereocenters. The van der Waals surface area contributed by atoms with Crippen molar-refractivity contribution in [2.24, 2.45) is 0 Å². The molecule has 0 rings (SSSR count). The van der Waals surface area contributed by atoms with Crippen LogP contribution in [0.25, 0.3) is 0 Å². The molecule has 0 saturated heterocycles. The van der Waals surface area contributed by atoms with Crippen LogP contribution in [0.3, 0.4) is 0 Å². The van der Waals surface area contributed by atoms with E-state index in [4.69, 9.17) is 9.16 Å². The highest BCUT2D eigenvalue weighted by atomic mass is 28.4. The van der Waals surface area contributed by atoms with Gasteiger partial charge in [0.25, 0.3) is 5.95 Å². The highest BCUT2D eigenvalue weighted by Crippen LogP contribution is 2.15. The van der Waals surface area contributed by atoms with Crippen molar-refractivity contribution >= 4 is 8.32 Å². The van der Waals surface area contributed by atoms with Gasteiger partial charge in [0.2, 0.25) is 8.32 Å². The molecule has 3 heteroatoms. The fourth-order valence-electron chi connectivity index (χ4n) is 0.863. The van der Waals surface area contributed by atoms with Gasteiger partial charge in [-0.1, -0.05) is 13.3 Å². The molecule has 14 heavy (non-hydrogen) atoms. The zero-order valence-corrected chi connectivity index (χ0v) is 11.4. The number of hydrogen-bond donors (Lipinski definition) is 0. The highest BCUT2D eigenvalue weighted by Gasteiger charge is 2.19. The molecule has 0 fully saturated rings. The van der Waals surface area contributed by atoms with E-state index in [-0.39, 0.29) is 0 Å². The third-order valence-electron chi connectivity index (χ3n) is 1.54. The minimum Gasteiger partial charge on any atom is -0.520 e. The van der Waals surface area contributed by atoms with Gasteiger partial charge in [-0.25, -0.2) is 0 Å². The molecule has 0 atom stereocenters. The lowest BCUT2D eigenvalue weighted by Gasteiger charge is -2.22. The van der Waals surface area contributed by atoms with Gasteiger partial charge in [0.15, 0.2) is 0 Å². The Bertz CT molecular complexity index is 188. The van der Waals surface area contributed by atoms with Crippen LogP contribution in [0.5, 0.6) is 0 Å². The van der Waals surface area contributed by atoms with Gasteiger partial charge in [-0.05, 0) is 39.9 Å². The first-order valence-corrected chi connectivity index (χ1v) is 8.77. The SMILES string of the molecule is CCCCOC(O[Si](C)(C)C)=C(C)C. The first-order valence-electron chi connectivity index (χ1n) is 5.36. The summed E-state index contributed by atoms with van der Waals surface area (Å²) in [6.45, 7) is 13.5. The van der Waals surface area contributed by atoms with Crippen LogP contribution in [-0.4, -0.2) is 14.9 Å². The summed E-state index contributed by atoms with van der Waals surface area (Å²) < 4.78 is 11.5. The average Bonchev–Trinajstić information content (AvgIpc) is 2.00. The lowest BCUT2D eigenvalue weighted by molar-refractivity contribution is 0.0966. The summed E-state index contributed by atoms with van der Waals surface area (Å²) >= 11 is 0. The van der Waals surface area contributed by atoms with E-state index in [0.29, 0.717) is 0 Å². The molecule has 0 aliphatic carbocycles. The van der Waals surface area contributed by atoms with Gasteiger partial charge >= 0.3 is 0 Å². The quantitative estimate of drug-likeness (QED) is 0.381. The third-order valence-corrected chi connectivity index (χ3v) is 2.34. The predicted octanol–water partition coefficient (Wildman–Crippen LogP) is 3.91. The Labute approximate surface area is 89.4 Å². The summed E-state index contributed by atoms with van der Waals surface area (Å²) in [6.07, 6.45) is 2.24. The van der Waals surface area contributed by atoms with E-state index in [1.54, 1.807) is 0 Å². The van der Waals surface area contributed by atoms with Gasteiger partial charge in [0.05, 0.1) is 6.61 Å². The van der Waals surface area contributed by atoms with Crippen molar-refractivity contribution in [3.63, 3.8) is 0 Å². The van der Waals surface area contributed by atoms with Crippen LogP contribution in [0.4, 0.5) is 0 Å². The van der Waals surface area contributed by atoms with Crippen LogP contribution in [0, 0.1) is 0 Å². The Morgan fingerprint density at radius 1 is 1.14 bits per heavy atom. The van der Waals surface area contributed by atoms with Crippen LogP contribution in [-0.2, 0) is 9.16 Å². The number of ether oxygens (including phenoxy) is 1. The van der Waals surface area contributed by atoms with Crippen LogP contribution < -0.4 is 0 Å². The molecule has 0 aromatic carbocycles. The van der Waals surface area contributed by atoms with Gasteiger partial charge in [0, 0.05) is 5.57 Å². The van der Waals surface area contributed by atoms with E-state index < -0.39 is 8.32 Å². The topological polar surface area (TPSA) is 18.5 Å². The Kier molecular flexibility index (Phi) is 5.92. The summed E-state index contributed by atoms with van der Waals surface area (Å²) in [5.41, 5.74) is 1.13. The Hall–Kier alpha value is -0.443. The molecule has 0 spiro atoms. The molecular weight excluding hydrogens is 192 g/mol. The molecule has 0 radical (unpaired) electrons. The van der Waals surface area contributed by atoms with E-state index in [2.05, 4.69) is 26.6 Å². The van der Waals surface area contributed by atoms with E-state index in [0.717, 1.165) is 31.0 Å². The van der Waals surface area contributed by atoms with Crippen LogP contribution in [0.2, 0.25) is 19.6 Å². The third kappa shape index (κ3) is 7.01. The predicted molar refractivity (Wildman–Crippen MR) is 63.7 cm³/mol. The van der Waals surface area contributed by atoms with E-state index in [1.807, 2.05) is 13.8 Å². The average molecular weight is 216 g/mol. The summed E-state index contributed by atoms with van der Waals surface area (Å²) in [5.74, 6) is 0.748. The second-order valence-electron chi connectivity index (χ2n) is 4.70. The summed E-state index contributed by atoms with van der Waals surface area (Å²) in [6, 6.07) is 0. The molecule has 0 aromatic rings. The molecule has 2 nitrogen and oxygen atoms in total. The lowest BCUT2D eigenvalue weighted by atomic mass is 10.3. The van der Waals surface area contributed by atoms with Gasteiger partial charge in [0.1, 0.15) is 0 Å². The highest BCUT2D eigenvalue weighted by molar-refractivity contribution is 6.70. The molecular formula is C11H24O2Si. The molecule has 0 amide bonds. The van der Waals surface area contributed by atoms with Crippen molar-refractivity contribution in [1.82, 2.24) is 0 Å². The van der Waals surface area contributed by atoms with Crippen LogP contribution in [0.15, 0.2) is 11.5 Å². The van der Waals surface area contributed by atoms with Gasteiger partial charge in [-0.15, -0.1) is 0 Å². The Balaban J connectivity index is 4.13. The first-order chi connectivity index (χ1) is 6.37. The molecule has 0 aliphatic rings. The van der Waals surface area contributed by atoms with Crippen molar-refractivity contribution in [2.75, 3.05) is 6.61 Å². The van der Waals surface area contributed by atoms with Crippen molar-refractivity contribution < 1.29 is 9.16 Å². The van der Waals surface area contributed by atoms with Gasteiger partial charge in [-0.2, -0.15) is 0 Å².